The number of hydrogen-bond donors (Lipinski definition) is 1. The highest BCUT2D eigenvalue weighted by Crippen LogP contribution is 2.52. The molecule has 9 rings (SSSR count). The van der Waals surface area contributed by atoms with Gasteiger partial charge in [-0.15, -0.1) is 0 Å². The van der Waals surface area contributed by atoms with E-state index in [2.05, 4.69) is 85.9 Å². The summed E-state index contributed by atoms with van der Waals surface area (Å²) in [5.74, 6) is 1.89. The molecule has 0 aliphatic carbocycles. The van der Waals surface area contributed by atoms with Crippen molar-refractivity contribution in [2.45, 2.75) is 76.3 Å². The van der Waals surface area contributed by atoms with Crippen LogP contribution < -0.4 is 25.5 Å². The molecule has 2 heterocycles. The smallest absolute Gasteiger partial charge is 0.330 e. The van der Waals surface area contributed by atoms with Crippen LogP contribution in [0.15, 0.2) is 155 Å². The lowest BCUT2D eigenvalue weighted by Crippen LogP contribution is -2.44. The van der Waals surface area contributed by atoms with Gasteiger partial charge in [-0.1, -0.05) is 97.1 Å². The third-order valence-electron chi connectivity index (χ3n) is 12.7. The number of H-pyrrole nitrogens is 1. The molecule has 0 saturated carbocycles. The van der Waals surface area contributed by atoms with Crippen LogP contribution in [0.1, 0.15) is 57.0 Å². The molecule has 1 aliphatic heterocycles. The van der Waals surface area contributed by atoms with Crippen molar-refractivity contribution in [1.82, 2.24) is 14.2 Å². The molecule has 5 atom stereocenters. The quantitative estimate of drug-likeness (QED) is 0.0358. The van der Waals surface area contributed by atoms with E-state index in [9.17, 15) is 14.9 Å². The molecule has 1 fully saturated rings. The lowest BCUT2D eigenvalue weighted by molar-refractivity contribution is -0.0941. The molecular weight excluding hydrogens is 892 g/mol. The minimum absolute atomic E-state index is 0.0411. The van der Waals surface area contributed by atoms with Gasteiger partial charge in [0, 0.05) is 35.1 Å². The Hall–Kier alpha value is -6.62. The minimum Gasteiger partial charge on any atom is -0.497 e. The second-order valence-electron chi connectivity index (χ2n) is 17.5. The van der Waals surface area contributed by atoms with E-state index in [1.807, 2.05) is 91.0 Å². The monoisotopic (exact) mass is 946 g/mol. The predicted octanol–water partition coefficient (Wildman–Crippen LogP) is 10.5. The highest BCUT2D eigenvalue weighted by Gasteiger charge is 2.52. The second-order valence-corrected chi connectivity index (χ2v) is 18.9. The number of ether oxygens (including phenoxy) is 5. The SMILES string of the molecule is COc1ccc(C(OC[C@H]2O[C@@H](n3ccc(=O)[nH]c3=O)[C@H](Oc3ccc4ccc5cccc6ccc3c4c56)[C@@H]2OP(OCCC#N)N(C(C)C)C(C)C)(c2ccccc2)c2ccc(OC)cc2)cc1. The standard InChI is InChI=1S/C55H55N4O9P/c1-35(2)59(36(3)4)69(65-33-11-31-56)68-51-47(34-64-55(40-14-8-7-9-15-40,41-20-24-43(62-5)25-21-41)42-22-26-44(63-6)27-23-42)67-53(58-32-30-48(60)57-54(58)61)52(51)66-46-29-19-39-17-16-37-12-10-13-38-18-28-45(46)50(39)49(37)38/h7-10,12-30,32,35-36,47,51-53H,11,33-34H2,1-6H3,(H,57,60,61)/t47-,51-,52-,53-,69?/m1/s1. The van der Waals surface area contributed by atoms with Gasteiger partial charge in [0.2, 0.25) is 0 Å². The third kappa shape index (κ3) is 9.32. The summed E-state index contributed by atoms with van der Waals surface area (Å²) in [6.07, 6.45) is -2.57. The Labute approximate surface area is 402 Å². The van der Waals surface area contributed by atoms with Crippen molar-refractivity contribution >= 4 is 40.8 Å². The fourth-order valence-electron chi connectivity index (χ4n) is 9.58. The molecule has 69 heavy (non-hydrogen) atoms. The first-order valence-corrected chi connectivity index (χ1v) is 24.2. The van der Waals surface area contributed by atoms with Crippen LogP contribution in [-0.4, -0.2) is 72.1 Å². The predicted molar refractivity (Wildman–Crippen MR) is 268 cm³/mol. The van der Waals surface area contributed by atoms with Gasteiger partial charge in [0.05, 0.1) is 39.9 Å². The average Bonchev–Trinajstić information content (AvgIpc) is 3.69. The van der Waals surface area contributed by atoms with Crippen LogP contribution in [0, 0.1) is 11.3 Å². The Balaban J connectivity index is 1.23. The zero-order chi connectivity index (χ0) is 48.2. The van der Waals surface area contributed by atoms with E-state index in [0.717, 1.165) is 49.0 Å². The van der Waals surface area contributed by atoms with Gasteiger partial charge in [0.25, 0.3) is 14.1 Å². The lowest BCUT2D eigenvalue weighted by atomic mass is 9.80. The molecule has 0 radical (unpaired) electrons. The van der Waals surface area contributed by atoms with Crippen LogP contribution in [0.5, 0.6) is 17.2 Å². The van der Waals surface area contributed by atoms with E-state index in [4.69, 9.17) is 32.7 Å². The molecule has 13 nitrogen and oxygen atoms in total. The molecule has 0 amide bonds. The zero-order valence-corrected chi connectivity index (χ0v) is 40.3. The van der Waals surface area contributed by atoms with Crippen LogP contribution in [0.2, 0.25) is 0 Å². The van der Waals surface area contributed by atoms with E-state index in [1.54, 1.807) is 14.2 Å². The summed E-state index contributed by atoms with van der Waals surface area (Å²) in [5.41, 5.74) is -0.0599. The van der Waals surface area contributed by atoms with Crippen LogP contribution in [0.4, 0.5) is 0 Å². The molecule has 1 N–H and O–H groups in total. The van der Waals surface area contributed by atoms with Crippen molar-refractivity contribution in [2.24, 2.45) is 0 Å². The first-order chi connectivity index (χ1) is 33.5. The number of methoxy groups -OCH3 is 2. The Morgan fingerprint density at radius 1 is 0.725 bits per heavy atom. The van der Waals surface area contributed by atoms with Gasteiger partial charge >= 0.3 is 5.69 Å². The molecule has 354 valence electrons. The molecule has 7 aromatic carbocycles. The topological polar surface area (TPSA) is 147 Å². The van der Waals surface area contributed by atoms with Crippen molar-refractivity contribution in [3.63, 3.8) is 0 Å². The average molecular weight is 947 g/mol. The van der Waals surface area contributed by atoms with Gasteiger partial charge in [-0.25, -0.2) is 9.46 Å². The van der Waals surface area contributed by atoms with Crippen LogP contribution in [0.25, 0.3) is 32.3 Å². The van der Waals surface area contributed by atoms with Crippen LogP contribution in [-0.2, 0) is 24.1 Å². The molecule has 1 aliphatic rings. The van der Waals surface area contributed by atoms with Gasteiger partial charge < -0.3 is 32.7 Å². The summed E-state index contributed by atoms with van der Waals surface area (Å²) >= 11 is 0. The maximum Gasteiger partial charge on any atom is 0.330 e. The largest absolute Gasteiger partial charge is 0.497 e. The zero-order valence-electron chi connectivity index (χ0n) is 39.4. The molecule has 0 bridgehead atoms. The van der Waals surface area contributed by atoms with Gasteiger partial charge in [-0.2, -0.15) is 5.26 Å². The number of aromatic amines is 1. The van der Waals surface area contributed by atoms with Crippen LogP contribution in [0.3, 0.4) is 0 Å². The first kappa shape index (κ1) is 47.4. The number of nitrogens with one attached hydrogen (secondary N) is 1. The van der Waals surface area contributed by atoms with Crippen molar-refractivity contribution in [3.8, 4) is 23.3 Å². The summed E-state index contributed by atoms with van der Waals surface area (Å²) in [6.45, 7) is 8.28. The van der Waals surface area contributed by atoms with Crippen LogP contribution >= 0.6 is 8.53 Å². The molecular formula is C55H55N4O9P. The second kappa shape index (κ2) is 20.5. The minimum atomic E-state index is -1.91. The summed E-state index contributed by atoms with van der Waals surface area (Å²) in [4.78, 5) is 29.0. The molecule has 1 aromatic heterocycles. The summed E-state index contributed by atoms with van der Waals surface area (Å²) in [7, 11) is 1.34. The fourth-order valence-corrected chi connectivity index (χ4v) is 11.4. The highest BCUT2D eigenvalue weighted by molar-refractivity contribution is 7.44. The van der Waals surface area contributed by atoms with Crippen molar-refractivity contribution in [1.29, 1.82) is 5.26 Å². The Morgan fingerprint density at radius 3 is 1.91 bits per heavy atom. The molecule has 14 heteroatoms. The van der Waals surface area contributed by atoms with Crippen molar-refractivity contribution in [3.05, 3.63) is 183 Å². The molecule has 8 aromatic rings. The number of benzene rings is 7. The number of rotatable bonds is 19. The number of hydrogen-bond acceptors (Lipinski definition) is 11. The summed E-state index contributed by atoms with van der Waals surface area (Å²) < 4.78 is 50.4. The summed E-state index contributed by atoms with van der Waals surface area (Å²) in [5, 5.41) is 15.9. The van der Waals surface area contributed by atoms with E-state index < -0.39 is 49.9 Å². The first-order valence-electron chi connectivity index (χ1n) is 23.1. The Morgan fingerprint density at radius 2 is 1.32 bits per heavy atom. The van der Waals surface area contributed by atoms with E-state index >= 15 is 0 Å². The Bertz CT molecular complexity index is 3100. The number of aromatic nitrogens is 2. The third-order valence-corrected chi connectivity index (χ3v) is 14.8. The summed E-state index contributed by atoms with van der Waals surface area (Å²) in [6, 6.07) is 47.4. The molecule has 1 saturated heterocycles. The van der Waals surface area contributed by atoms with E-state index in [-0.39, 0.29) is 31.7 Å². The normalized spacial score (nSPS) is 17.9. The van der Waals surface area contributed by atoms with Crippen molar-refractivity contribution in [2.75, 3.05) is 27.4 Å². The molecule has 0 spiro atoms. The maximum atomic E-state index is 14.0. The van der Waals surface area contributed by atoms with Gasteiger partial charge in [-0.05, 0) is 102 Å². The number of nitrogens with zero attached hydrogens (tertiary/aromatic N) is 3. The number of nitriles is 1. The highest BCUT2D eigenvalue weighted by atomic mass is 31.2. The molecule has 1 unspecified atom stereocenters. The maximum absolute atomic E-state index is 14.0. The fraction of sp³-hybridized carbons (Fsp3) is 0.291. The van der Waals surface area contributed by atoms with E-state index in [1.165, 1.54) is 16.8 Å². The Kier molecular flexibility index (Phi) is 14.1. The van der Waals surface area contributed by atoms with Gasteiger partial charge in [0.15, 0.2) is 12.3 Å². The van der Waals surface area contributed by atoms with Gasteiger partial charge in [0.1, 0.15) is 35.1 Å². The lowest BCUT2D eigenvalue weighted by Gasteiger charge is -2.39. The van der Waals surface area contributed by atoms with E-state index in [0.29, 0.717) is 17.2 Å². The van der Waals surface area contributed by atoms with Gasteiger partial charge in [-0.3, -0.25) is 14.3 Å². The van der Waals surface area contributed by atoms with Crippen molar-refractivity contribution < 1.29 is 32.7 Å².